The van der Waals surface area contributed by atoms with Crippen molar-refractivity contribution < 1.29 is 4.79 Å². The predicted octanol–water partition coefficient (Wildman–Crippen LogP) is 6.32. The van der Waals surface area contributed by atoms with E-state index < -0.39 is 0 Å². The number of unbranched alkanes of at least 4 members (excludes halogenated alkanes) is 2. The van der Waals surface area contributed by atoms with Crippen molar-refractivity contribution in [3.63, 3.8) is 0 Å². The third-order valence-electron chi connectivity index (χ3n) is 5.04. The van der Waals surface area contributed by atoms with Crippen molar-refractivity contribution in [2.75, 3.05) is 24.7 Å². The summed E-state index contributed by atoms with van der Waals surface area (Å²) in [6.07, 6.45) is 4.52. The van der Waals surface area contributed by atoms with Crippen LogP contribution < -0.4 is 4.90 Å². The summed E-state index contributed by atoms with van der Waals surface area (Å²) in [6.45, 7) is 6.94. The number of fused-ring (bicyclic) bond motifs is 1. The lowest BCUT2D eigenvalue weighted by atomic mass is 10.1. The summed E-state index contributed by atoms with van der Waals surface area (Å²) in [5, 5.41) is 0.896. The third-order valence-corrected chi connectivity index (χ3v) is 5.78. The number of para-hydroxylation sites is 1. The van der Waals surface area contributed by atoms with Crippen molar-refractivity contribution in [1.82, 2.24) is 4.90 Å². The second kappa shape index (κ2) is 10.2. The minimum atomic E-state index is -0.0738. The molecule has 154 valence electrons. The molecule has 2 aromatic rings. The van der Waals surface area contributed by atoms with Crippen molar-refractivity contribution in [3.05, 3.63) is 58.1 Å². The molecule has 0 radical (unpaired) electrons. The molecule has 0 bridgehead atoms. The second-order valence-electron chi connectivity index (χ2n) is 7.28. The number of hydrogen-bond acceptors (Lipinski definition) is 3. The first-order chi connectivity index (χ1) is 14.0. The maximum atomic E-state index is 13.3. The molecular formula is C23H27Cl2N3O. The first-order valence-electron chi connectivity index (χ1n) is 10.2. The molecule has 0 aliphatic carbocycles. The Morgan fingerprint density at radius 3 is 2.31 bits per heavy atom. The van der Waals surface area contributed by atoms with Crippen LogP contribution in [-0.2, 0) is 4.79 Å². The van der Waals surface area contributed by atoms with Crippen LogP contribution in [0.5, 0.6) is 0 Å². The smallest absolute Gasteiger partial charge is 0.278 e. The number of rotatable bonds is 9. The molecule has 1 amide bonds. The summed E-state index contributed by atoms with van der Waals surface area (Å²) in [6, 6.07) is 13.0. The summed E-state index contributed by atoms with van der Waals surface area (Å²) in [4.78, 5) is 22.1. The highest BCUT2D eigenvalue weighted by Gasteiger charge is 2.34. The van der Waals surface area contributed by atoms with Gasteiger partial charge in [-0.3, -0.25) is 14.6 Å². The second-order valence-corrected chi connectivity index (χ2v) is 8.09. The summed E-state index contributed by atoms with van der Waals surface area (Å²) < 4.78 is 0. The zero-order chi connectivity index (χ0) is 20.8. The zero-order valence-corrected chi connectivity index (χ0v) is 18.5. The topological polar surface area (TPSA) is 35.9 Å². The van der Waals surface area contributed by atoms with Crippen LogP contribution in [0.4, 0.5) is 11.4 Å². The first kappa shape index (κ1) is 21.8. The van der Waals surface area contributed by atoms with Gasteiger partial charge in [0.05, 0.1) is 28.1 Å². The molecule has 1 aliphatic rings. The molecule has 1 heterocycles. The van der Waals surface area contributed by atoms with E-state index in [1.807, 2.05) is 29.2 Å². The molecular weight excluding hydrogens is 405 g/mol. The van der Waals surface area contributed by atoms with Crippen molar-refractivity contribution in [2.45, 2.75) is 39.5 Å². The SMILES string of the molecule is CCCCN(CCCC)CN1C(=O)C(=Nc2ccc(Cl)c(Cl)c2)c2ccccc21. The number of anilines is 1. The fourth-order valence-corrected chi connectivity index (χ4v) is 3.70. The molecule has 0 N–H and O–H groups in total. The molecule has 6 heteroatoms. The molecule has 0 saturated carbocycles. The van der Waals surface area contributed by atoms with Gasteiger partial charge < -0.3 is 0 Å². The Morgan fingerprint density at radius 1 is 0.966 bits per heavy atom. The summed E-state index contributed by atoms with van der Waals surface area (Å²) >= 11 is 12.1. The van der Waals surface area contributed by atoms with E-state index >= 15 is 0 Å². The van der Waals surface area contributed by atoms with E-state index in [0.717, 1.165) is 50.0 Å². The van der Waals surface area contributed by atoms with E-state index in [4.69, 9.17) is 23.2 Å². The normalized spacial score (nSPS) is 14.9. The number of carbonyl (C=O) groups excluding carboxylic acids is 1. The Balaban J connectivity index is 1.91. The molecule has 0 saturated heterocycles. The van der Waals surface area contributed by atoms with Crippen LogP contribution in [-0.4, -0.2) is 36.3 Å². The summed E-state index contributed by atoms with van der Waals surface area (Å²) in [5.74, 6) is -0.0738. The fourth-order valence-electron chi connectivity index (χ4n) is 3.41. The quantitative estimate of drug-likeness (QED) is 0.465. The summed E-state index contributed by atoms with van der Waals surface area (Å²) in [5.41, 5.74) is 2.84. The Labute approximate surface area is 183 Å². The van der Waals surface area contributed by atoms with E-state index in [-0.39, 0.29) is 5.91 Å². The molecule has 1 aliphatic heterocycles. The van der Waals surface area contributed by atoms with Crippen LogP contribution in [0.15, 0.2) is 47.5 Å². The van der Waals surface area contributed by atoms with Crippen LogP contribution in [0.2, 0.25) is 10.0 Å². The van der Waals surface area contributed by atoms with Crippen molar-refractivity contribution >= 4 is 46.2 Å². The largest absolute Gasteiger partial charge is 0.293 e. The Kier molecular flexibility index (Phi) is 7.70. The van der Waals surface area contributed by atoms with Gasteiger partial charge in [-0.25, -0.2) is 4.99 Å². The van der Waals surface area contributed by atoms with Gasteiger partial charge in [-0.1, -0.05) is 68.1 Å². The van der Waals surface area contributed by atoms with Crippen molar-refractivity contribution in [1.29, 1.82) is 0 Å². The number of carbonyl (C=O) groups is 1. The maximum absolute atomic E-state index is 13.3. The van der Waals surface area contributed by atoms with Crippen LogP contribution in [0.1, 0.15) is 45.1 Å². The van der Waals surface area contributed by atoms with Gasteiger partial charge in [-0.2, -0.15) is 0 Å². The van der Waals surface area contributed by atoms with Gasteiger partial charge in [0.15, 0.2) is 0 Å². The standard InChI is InChI=1S/C23H27Cl2N3O/c1-3-5-13-27(14-6-4-2)16-28-21-10-8-7-9-18(21)22(23(28)29)26-17-11-12-19(24)20(25)15-17/h7-12,15H,3-6,13-14,16H2,1-2H3. The van der Waals surface area contributed by atoms with Gasteiger partial charge in [-0.15, -0.1) is 0 Å². The fraction of sp³-hybridized carbons (Fsp3) is 0.391. The van der Waals surface area contributed by atoms with Crippen LogP contribution in [0.25, 0.3) is 0 Å². The number of nitrogens with zero attached hydrogens (tertiary/aromatic N) is 3. The minimum absolute atomic E-state index is 0.0738. The van der Waals surface area contributed by atoms with Crippen molar-refractivity contribution in [2.24, 2.45) is 4.99 Å². The maximum Gasteiger partial charge on any atom is 0.278 e. The van der Waals surface area contributed by atoms with Gasteiger partial charge in [0.25, 0.3) is 5.91 Å². The molecule has 2 aromatic carbocycles. The van der Waals surface area contributed by atoms with Gasteiger partial charge >= 0.3 is 0 Å². The zero-order valence-electron chi connectivity index (χ0n) is 17.0. The van der Waals surface area contributed by atoms with Gasteiger partial charge in [0.1, 0.15) is 5.71 Å². The highest BCUT2D eigenvalue weighted by atomic mass is 35.5. The lowest BCUT2D eigenvalue weighted by Gasteiger charge is -2.28. The van der Waals surface area contributed by atoms with Gasteiger partial charge in [0, 0.05) is 5.56 Å². The molecule has 0 atom stereocenters. The monoisotopic (exact) mass is 431 g/mol. The van der Waals surface area contributed by atoms with E-state index in [1.165, 1.54) is 0 Å². The number of hydrogen-bond donors (Lipinski definition) is 0. The molecule has 3 rings (SSSR count). The predicted molar refractivity (Wildman–Crippen MR) is 123 cm³/mol. The van der Waals surface area contributed by atoms with Crippen LogP contribution >= 0.6 is 23.2 Å². The molecule has 0 aromatic heterocycles. The average molecular weight is 432 g/mol. The Hall–Kier alpha value is -1.88. The highest BCUT2D eigenvalue weighted by molar-refractivity contribution is 6.54. The van der Waals surface area contributed by atoms with E-state index in [9.17, 15) is 4.79 Å². The van der Waals surface area contributed by atoms with E-state index in [1.54, 1.807) is 18.2 Å². The van der Waals surface area contributed by atoms with Gasteiger partial charge in [0.2, 0.25) is 0 Å². The molecule has 0 fully saturated rings. The number of benzene rings is 2. The van der Waals surface area contributed by atoms with Gasteiger partial charge in [-0.05, 0) is 50.2 Å². The molecule has 4 nitrogen and oxygen atoms in total. The average Bonchev–Trinajstić information content (AvgIpc) is 2.98. The van der Waals surface area contributed by atoms with Crippen molar-refractivity contribution in [3.8, 4) is 0 Å². The molecule has 29 heavy (non-hydrogen) atoms. The summed E-state index contributed by atoms with van der Waals surface area (Å²) in [7, 11) is 0. The lowest BCUT2D eigenvalue weighted by Crippen LogP contribution is -2.42. The number of amides is 1. The van der Waals surface area contributed by atoms with Crippen LogP contribution in [0, 0.1) is 0 Å². The van der Waals surface area contributed by atoms with E-state index in [0.29, 0.717) is 28.1 Å². The Bertz CT molecular complexity index is 889. The molecule has 0 spiro atoms. The number of halogens is 2. The minimum Gasteiger partial charge on any atom is -0.293 e. The number of aliphatic imine (C=N–C) groups is 1. The lowest BCUT2D eigenvalue weighted by molar-refractivity contribution is -0.112. The highest BCUT2D eigenvalue weighted by Crippen LogP contribution is 2.32. The van der Waals surface area contributed by atoms with E-state index in [2.05, 4.69) is 23.7 Å². The first-order valence-corrected chi connectivity index (χ1v) is 11.0. The molecule has 0 unspecified atom stereocenters. The third kappa shape index (κ3) is 5.19. The Morgan fingerprint density at radius 2 is 1.66 bits per heavy atom. The van der Waals surface area contributed by atoms with Crippen LogP contribution in [0.3, 0.4) is 0 Å².